The molecule has 1 aromatic rings. The fraction of sp³-hybridized carbons (Fsp3) is 0.533. The van der Waals surface area contributed by atoms with E-state index in [9.17, 15) is 13.2 Å². The van der Waals surface area contributed by atoms with Crippen LogP contribution in [0.25, 0.3) is 0 Å². The minimum atomic E-state index is -3.71. The molecule has 2 rings (SSSR count). The van der Waals surface area contributed by atoms with E-state index in [1.165, 1.54) is 4.31 Å². The highest BCUT2D eigenvalue weighted by molar-refractivity contribution is 7.89. The summed E-state index contributed by atoms with van der Waals surface area (Å²) in [6, 6.07) is 6.29. The third-order valence-corrected chi connectivity index (χ3v) is 5.51. The summed E-state index contributed by atoms with van der Waals surface area (Å²) in [5.41, 5.74) is 0.979. The number of carbonyl (C=O) groups excluding carboxylic acids is 1. The van der Waals surface area contributed by atoms with Gasteiger partial charge in [0.05, 0.1) is 24.5 Å². The minimum absolute atomic E-state index is 0.108. The Morgan fingerprint density at radius 1 is 1.36 bits per heavy atom. The van der Waals surface area contributed by atoms with Gasteiger partial charge in [-0.3, -0.25) is 4.79 Å². The van der Waals surface area contributed by atoms with E-state index in [1.807, 2.05) is 6.92 Å². The van der Waals surface area contributed by atoms with Gasteiger partial charge < -0.3 is 9.47 Å². The number of nitrogens with zero attached hydrogens (tertiary/aromatic N) is 1. The Labute approximate surface area is 131 Å². The molecule has 22 heavy (non-hydrogen) atoms. The third kappa shape index (κ3) is 3.48. The van der Waals surface area contributed by atoms with Crippen LogP contribution in [0.15, 0.2) is 29.2 Å². The standard InChI is InChI=1S/C15H21NO5S/c1-4-20-15(17)9-14-16(12(3)10-21-14)22(18,19)13-7-5-11(2)6-8-13/h5-8,12,14H,4,9-10H2,1-3H3/t12-,14-/m0/s1. The molecule has 0 bridgehead atoms. The van der Waals surface area contributed by atoms with Gasteiger partial charge in [0.2, 0.25) is 10.0 Å². The van der Waals surface area contributed by atoms with Gasteiger partial charge in [-0.05, 0) is 32.9 Å². The Morgan fingerprint density at radius 3 is 2.59 bits per heavy atom. The van der Waals surface area contributed by atoms with Crippen LogP contribution in [0.3, 0.4) is 0 Å². The van der Waals surface area contributed by atoms with Crippen molar-refractivity contribution in [2.75, 3.05) is 13.2 Å². The van der Waals surface area contributed by atoms with Crippen molar-refractivity contribution in [2.45, 2.75) is 44.4 Å². The van der Waals surface area contributed by atoms with Crippen molar-refractivity contribution in [3.8, 4) is 0 Å². The van der Waals surface area contributed by atoms with E-state index in [2.05, 4.69) is 0 Å². The first kappa shape index (κ1) is 16.9. The van der Waals surface area contributed by atoms with E-state index in [0.29, 0.717) is 0 Å². The molecule has 0 amide bonds. The molecule has 0 N–H and O–H groups in total. The predicted molar refractivity (Wildman–Crippen MR) is 80.7 cm³/mol. The van der Waals surface area contributed by atoms with Gasteiger partial charge in [0.1, 0.15) is 6.23 Å². The maximum atomic E-state index is 12.8. The summed E-state index contributed by atoms with van der Waals surface area (Å²) >= 11 is 0. The number of hydrogen-bond acceptors (Lipinski definition) is 5. The molecule has 1 saturated heterocycles. The van der Waals surface area contributed by atoms with Gasteiger partial charge in [0.15, 0.2) is 0 Å². The normalized spacial score (nSPS) is 22.7. The molecule has 0 radical (unpaired) electrons. The highest BCUT2D eigenvalue weighted by Crippen LogP contribution is 2.28. The van der Waals surface area contributed by atoms with Crippen LogP contribution in [0, 0.1) is 6.92 Å². The zero-order valence-electron chi connectivity index (χ0n) is 13.0. The second-order valence-electron chi connectivity index (χ2n) is 5.29. The van der Waals surface area contributed by atoms with Crippen molar-refractivity contribution in [2.24, 2.45) is 0 Å². The zero-order chi connectivity index (χ0) is 16.3. The lowest BCUT2D eigenvalue weighted by Crippen LogP contribution is -2.41. The monoisotopic (exact) mass is 327 g/mol. The molecule has 2 atom stereocenters. The molecular formula is C15H21NO5S. The first-order chi connectivity index (χ1) is 10.4. The Kier molecular flexibility index (Phi) is 5.20. The van der Waals surface area contributed by atoms with Crippen molar-refractivity contribution in [3.05, 3.63) is 29.8 Å². The molecule has 0 spiro atoms. The van der Waals surface area contributed by atoms with Crippen LogP contribution in [0.2, 0.25) is 0 Å². The summed E-state index contributed by atoms with van der Waals surface area (Å²) in [6.07, 6.45) is -0.927. The van der Waals surface area contributed by atoms with Crippen LogP contribution in [-0.4, -0.2) is 44.2 Å². The van der Waals surface area contributed by atoms with Gasteiger partial charge in [0, 0.05) is 6.04 Å². The highest BCUT2D eigenvalue weighted by atomic mass is 32.2. The average Bonchev–Trinajstić information content (AvgIpc) is 2.81. The number of carbonyl (C=O) groups is 1. The SMILES string of the molecule is CCOC(=O)C[C@@H]1OC[C@H](C)N1S(=O)(=O)c1ccc(C)cc1. The molecular weight excluding hydrogens is 306 g/mol. The number of benzene rings is 1. The summed E-state index contributed by atoms with van der Waals surface area (Å²) in [4.78, 5) is 11.8. The number of aryl methyl sites for hydroxylation is 1. The number of sulfonamides is 1. The van der Waals surface area contributed by atoms with Gasteiger partial charge in [0.25, 0.3) is 0 Å². The third-order valence-electron chi connectivity index (χ3n) is 3.49. The van der Waals surface area contributed by atoms with E-state index < -0.39 is 22.2 Å². The van der Waals surface area contributed by atoms with Gasteiger partial charge in [-0.1, -0.05) is 17.7 Å². The topological polar surface area (TPSA) is 72.9 Å². The maximum Gasteiger partial charge on any atom is 0.309 e. The largest absolute Gasteiger partial charge is 0.466 e. The Bertz CT molecular complexity index is 626. The summed E-state index contributed by atoms with van der Waals surface area (Å²) in [5, 5.41) is 0. The fourth-order valence-electron chi connectivity index (χ4n) is 2.42. The van der Waals surface area contributed by atoms with E-state index in [-0.39, 0.29) is 30.6 Å². The van der Waals surface area contributed by atoms with Crippen LogP contribution >= 0.6 is 0 Å². The average molecular weight is 327 g/mol. The molecule has 122 valence electrons. The number of hydrogen-bond donors (Lipinski definition) is 0. The smallest absolute Gasteiger partial charge is 0.309 e. The van der Waals surface area contributed by atoms with Crippen molar-refractivity contribution in [3.63, 3.8) is 0 Å². The van der Waals surface area contributed by atoms with Crippen LogP contribution < -0.4 is 0 Å². The second-order valence-corrected chi connectivity index (χ2v) is 7.14. The summed E-state index contributed by atoms with van der Waals surface area (Å²) in [6.45, 7) is 5.87. The van der Waals surface area contributed by atoms with Crippen molar-refractivity contribution < 1.29 is 22.7 Å². The van der Waals surface area contributed by atoms with E-state index in [4.69, 9.17) is 9.47 Å². The molecule has 7 heteroatoms. The molecule has 1 fully saturated rings. The Morgan fingerprint density at radius 2 is 2.00 bits per heavy atom. The molecule has 0 saturated carbocycles. The lowest BCUT2D eigenvalue weighted by molar-refractivity contribution is -0.146. The Balaban J connectivity index is 2.26. The predicted octanol–water partition coefficient (Wildman–Crippen LogP) is 1.68. The molecule has 0 unspecified atom stereocenters. The molecule has 1 heterocycles. The zero-order valence-corrected chi connectivity index (χ0v) is 13.8. The van der Waals surface area contributed by atoms with Crippen LogP contribution in [0.4, 0.5) is 0 Å². The van der Waals surface area contributed by atoms with Gasteiger partial charge in [-0.2, -0.15) is 4.31 Å². The number of ether oxygens (including phenoxy) is 2. The summed E-state index contributed by atoms with van der Waals surface area (Å²) in [7, 11) is -3.71. The first-order valence-corrected chi connectivity index (χ1v) is 8.67. The first-order valence-electron chi connectivity index (χ1n) is 7.23. The van der Waals surface area contributed by atoms with Crippen molar-refractivity contribution in [1.29, 1.82) is 0 Å². The fourth-order valence-corrected chi connectivity index (χ4v) is 4.12. The highest BCUT2D eigenvalue weighted by Gasteiger charge is 2.42. The Hall–Kier alpha value is -1.44. The number of rotatable bonds is 5. The lowest BCUT2D eigenvalue weighted by Gasteiger charge is -2.25. The molecule has 0 aliphatic carbocycles. The number of esters is 1. The van der Waals surface area contributed by atoms with Crippen molar-refractivity contribution in [1.82, 2.24) is 4.31 Å². The molecule has 1 aliphatic rings. The van der Waals surface area contributed by atoms with Crippen LogP contribution in [0.1, 0.15) is 25.8 Å². The lowest BCUT2D eigenvalue weighted by atomic mass is 10.2. The maximum absolute atomic E-state index is 12.8. The quantitative estimate of drug-likeness (QED) is 0.770. The van der Waals surface area contributed by atoms with Gasteiger partial charge in [-0.25, -0.2) is 8.42 Å². The molecule has 1 aliphatic heterocycles. The van der Waals surface area contributed by atoms with Crippen LogP contribution in [0.5, 0.6) is 0 Å². The van der Waals surface area contributed by atoms with E-state index >= 15 is 0 Å². The van der Waals surface area contributed by atoms with E-state index in [1.54, 1.807) is 38.1 Å². The van der Waals surface area contributed by atoms with Gasteiger partial charge >= 0.3 is 5.97 Å². The molecule has 0 aromatic heterocycles. The van der Waals surface area contributed by atoms with Crippen molar-refractivity contribution >= 4 is 16.0 Å². The summed E-state index contributed by atoms with van der Waals surface area (Å²) < 4.78 is 37.2. The summed E-state index contributed by atoms with van der Waals surface area (Å²) in [5.74, 6) is -0.467. The minimum Gasteiger partial charge on any atom is -0.466 e. The van der Waals surface area contributed by atoms with E-state index in [0.717, 1.165) is 5.56 Å². The molecule has 6 nitrogen and oxygen atoms in total. The van der Waals surface area contributed by atoms with Gasteiger partial charge in [-0.15, -0.1) is 0 Å². The van der Waals surface area contributed by atoms with Crippen LogP contribution in [-0.2, 0) is 24.3 Å². The molecule has 1 aromatic carbocycles. The second kappa shape index (κ2) is 6.76.